The van der Waals surface area contributed by atoms with Gasteiger partial charge in [-0.2, -0.15) is 15.0 Å². The van der Waals surface area contributed by atoms with Crippen LogP contribution in [0.5, 0.6) is 0 Å². The average Bonchev–Trinajstić information content (AvgIpc) is 2.42. The Morgan fingerprint density at radius 2 is 2.10 bits per heavy atom. The number of hydrogen-bond acceptors (Lipinski definition) is 7. The summed E-state index contributed by atoms with van der Waals surface area (Å²) in [5.74, 6) is 2.12. The lowest BCUT2D eigenvalue weighted by atomic mass is 9.89. The molecular formula is C14H26N6O. The lowest BCUT2D eigenvalue weighted by Gasteiger charge is -2.39. The number of anilines is 2. The third-order valence-corrected chi connectivity index (χ3v) is 4.09. The number of rotatable bonds is 5. The molecule has 1 fully saturated rings. The highest BCUT2D eigenvalue weighted by Crippen LogP contribution is 2.26. The van der Waals surface area contributed by atoms with Crippen LogP contribution in [0, 0.1) is 5.92 Å². The molecule has 1 saturated heterocycles. The first-order valence-corrected chi connectivity index (χ1v) is 7.54. The number of nitrogens with zero attached hydrogens (tertiary/aromatic N) is 5. The summed E-state index contributed by atoms with van der Waals surface area (Å²) in [6.07, 6.45) is 3.18. The number of piperidine rings is 1. The summed E-state index contributed by atoms with van der Waals surface area (Å²) in [6.45, 7) is 4.13. The minimum absolute atomic E-state index is 0.216. The SMILES string of the molecule is C[C@H]1CCCN(Cc2nc(N)nc(N(C)C)n2)[C@H]1CCO. The number of likely N-dealkylation sites (tertiary alicyclic amines) is 1. The van der Waals surface area contributed by atoms with Crippen LogP contribution in [-0.4, -0.2) is 58.2 Å². The van der Waals surface area contributed by atoms with Crippen molar-refractivity contribution in [2.45, 2.75) is 38.8 Å². The first kappa shape index (κ1) is 15.9. The van der Waals surface area contributed by atoms with Crippen LogP contribution in [0.3, 0.4) is 0 Å². The Balaban J connectivity index is 2.15. The number of aliphatic hydroxyl groups excluding tert-OH is 1. The van der Waals surface area contributed by atoms with Gasteiger partial charge in [-0.25, -0.2) is 0 Å². The van der Waals surface area contributed by atoms with Crippen LogP contribution in [-0.2, 0) is 6.54 Å². The van der Waals surface area contributed by atoms with E-state index in [9.17, 15) is 5.11 Å². The minimum atomic E-state index is 0.216. The van der Waals surface area contributed by atoms with Gasteiger partial charge in [-0.1, -0.05) is 6.92 Å². The molecule has 0 aromatic carbocycles. The molecule has 1 aliphatic heterocycles. The Hall–Kier alpha value is -1.47. The van der Waals surface area contributed by atoms with Crippen LogP contribution < -0.4 is 10.6 Å². The second-order valence-electron chi connectivity index (χ2n) is 5.97. The monoisotopic (exact) mass is 294 g/mol. The normalized spacial score (nSPS) is 23.2. The zero-order valence-electron chi connectivity index (χ0n) is 13.2. The van der Waals surface area contributed by atoms with E-state index in [1.807, 2.05) is 19.0 Å². The summed E-state index contributed by atoms with van der Waals surface area (Å²) in [5, 5.41) is 9.29. The maximum Gasteiger partial charge on any atom is 0.229 e. The van der Waals surface area contributed by atoms with Crippen LogP contribution >= 0.6 is 0 Å². The molecule has 2 rings (SSSR count). The van der Waals surface area contributed by atoms with Crippen molar-refractivity contribution in [1.29, 1.82) is 0 Å². The molecule has 21 heavy (non-hydrogen) atoms. The van der Waals surface area contributed by atoms with Crippen LogP contribution in [0.2, 0.25) is 0 Å². The second-order valence-corrected chi connectivity index (χ2v) is 5.97. The van der Waals surface area contributed by atoms with Gasteiger partial charge in [0, 0.05) is 26.7 Å². The number of aromatic nitrogens is 3. The van der Waals surface area contributed by atoms with Gasteiger partial charge >= 0.3 is 0 Å². The van der Waals surface area contributed by atoms with Crippen LogP contribution in [0.1, 0.15) is 32.0 Å². The van der Waals surface area contributed by atoms with E-state index in [2.05, 4.69) is 26.8 Å². The Kier molecular flexibility index (Phi) is 5.30. The van der Waals surface area contributed by atoms with E-state index in [0.29, 0.717) is 30.3 Å². The van der Waals surface area contributed by atoms with E-state index in [4.69, 9.17) is 5.73 Å². The highest BCUT2D eigenvalue weighted by Gasteiger charge is 2.28. The van der Waals surface area contributed by atoms with E-state index in [0.717, 1.165) is 13.0 Å². The van der Waals surface area contributed by atoms with Gasteiger partial charge in [-0.05, 0) is 31.7 Å². The minimum Gasteiger partial charge on any atom is -0.396 e. The summed E-state index contributed by atoms with van der Waals surface area (Å²) in [6, 6.07) is 0.379. The molecule has 1 aromatic rings. The topological polar surface area (TPSA) is 91.4 Å². The highest BCUT2D eigenvalue weighted by atomic mass is 16.3. The molecule has 0 radical (unpaired) electrons. The van der Waals surface area contributed by atoms with Gasteiger partial charge in [0.25, 0.3) is 0 Å². The van der Waals surface area contributed by atoms with E-state index < -0.39 is 0 Å². The van der Waals surface area contributed by atoms with Gasteiger partial charge in [-0.3, -0.25) is 4.90 Å². The number of nitrogens with two attached hydrogens (primary N) is 1. The Morgan fingerprint density at radius 1 is 1.33 bits per heavy atom. The molecule has 0 bridgehead atoms. The van der Waals surface area contributed by atoms with Crippen molar-refractivity contribution in [3.05, 3.63) is 5.82 Å². The standard InChI is InChI=1S/C14H26N6O/c1-10-5-4-7-20(11(10)6-8-21)9-12-16-13(15)18-14(17-12)19(2)3/h10-11,21H,4-9H2,1-3H3,(H2,15,16,17,18)/t10-,11-/m0/s1. The Labute approximate surface area is 126 Å². The van der Waals surface area contributed by atoms with E-state index in [-0.39, 0.29) is 12.6 Å². The summed E-state index contributed by atoms with van der Waals surface area (Å²) in [4.78, 5) is 17.0. The molecule has 1 aromatic heterocycles. The van der Waals surface area contributed by atoms with Crippen molar-refractivity contribution in [3.8, 4) is 0 Å². The summed E-state index contributed by atoms with van der Waals surface area (Å²) in [5.41, 5.74) is 5.78. The van der Waals surface area contributed by atoms with Crippen molar-refractivity contribution in [2.75, 3.05) is 37.9 Å². The van der Waals surface area contributed by atoms with Gasteiger partial charge in [0.1, 0.15) is 5.82 Å². The molecule has 7 nitrogen and oxygen atoms in total. The second kappa shape index (κ2) is 7.00. The lowest BCUT2D eigenvalue weighted by molar-refractivity contribution is 0.0699. The molecule has 0 spiro atoms. The Morgan fingerprint density at radius 3 is 2.76 bits per heavy atom. The summed E-state index contributed by atoms with van der Waals surface area (Å²) in [7, 11) is 3.77. The first-order valence-electron chi connectivity index (χ1n) is 7.54. The van der Waals surface area contributed by atoms with Crippen molar-refractivity contribution in [1.82, 2.24) is 19.9 Å². The molecule has 2 heterocycles. The molecule has 3 N–H and O–H groups in total. The molecule has 0 unspecified atom stereocenters. The van der Waals surface area contributed by atoms with E-state index in [1.54, 1.807) is 0 Å². The fourth-order valence-electron chi connectivity index (χ4n) is 3.01. The Bertz CT molecular complexity index is 467. The smallest absolute Gasteiger partial charge is 0.229 e. The lowest BCUT2D eigenvalue weighted by Crippen LogP contribution is -2.44. The summed E-state index contributed by atoms with van der Waals surface area (Å²) < 4.78 is 0. The zero-order chi connectivity index (χ0) is 15.4. The fraction of sp³-hybridized carbons (Fsp3) is 0.786. The van der Waals surface area contributed by atoms with Gasteiger partial charge in [0.15, 0.2) is 0 Å². The molecule has 7 heteroatoms. The zero-order valence-corrected chi connectivity index (χ0v) is 13.2. The molecule has 2 atom stereocenters. The predicted molar refractivity (Wildman–Crippen MR) is 82.9 cm³/mol. The highest BCUT2D eigenvalue weighted by molar-refractivity contribution is 5.32. The number of nitrogen functional groups attached to an aromatic ring is 1. The van der Waals surface area contributed by atoms with Crippen molar-refractivity contribution < 1.29 is 5.11 Å². The van der Waals surface area contributed by atoms with Crippen molar-refractivity contribution in [2.24, 2.45) is 5.92 Å². The van der Waals surface area contributed by atoms with Crippen LogP contribution in [0.25, 0.3) is 0 Å². The molecule has 0 amide bonds. The molecule has 118 valence electrons. The van der Waals surface area contributed by atoms with Gasteiger partial charge < -0.3 is 15.7 Å². The third-order valence-electron chi connectivity index (χ3n) is 4.09. The quantitative estimate of drug-likeness (QED) is 0.817. The fourth-order valence-corrected chi connectivity index (χ4v) is 3.01. The van der Waals surface area contributed by atoms with Crippen LogP contribution in [0.4, 0.5) is 11.9 Å². The maximum atomic E-state index is 9.29. The number of aliphatic hydroxyl groups is 1. The first-order chi connectivity index (χ1) is 10.0. The molecule has 0 saturated carbocycles. The van der Waals surface area contributed by atoms with Crippen LogP contribution in [0.15, 0.2) is 0 Å². The maximum absolute atomic E-state index is 9.29. The summed E-state index contributed by atoms with van der Waals surface area (Å²) >= 11 is 0. The average molecular weight is 294 g/mol. The third kappa shape index (κ3) is 4.01. The van der Waals surface area contributed by atoms with Gasteiger partial charge in [-0.15, -0.1) is 0 Å². The predicted octanol–water partition coefficient (Wildman–Crippen LogP) is 0.503. The molecular weight excluding hydrogens is 268 g/mol. The van der Waals surface area contributed by atoms with E-state index in [1.165, 1.54) is 12.8 Å². The van der Waals surface area contributed by atoms with Crippen molar-refractivity contribution >= 4 is 11.9 Å². The van der Waals surface area contributed by atoms with E-state index >= 15 is 0 Å². The van der Waals surface area contributed by atoms with Gasteiger partial charge in [0.2, 0.25) is 11.9 Å². The molecule has 0 aliphatic carbocycles. The number of hydrogen-bond donors (Lipinski definition) is 2. The largest absolute Gasteiger partial charge is 0.396 e. The molecule has 1 aliphatic rings. The van der Waals surface area contributed by atoms with Crippen molar-refractivity contribution in [3.63, 3.8) is 0 Å². The van der Waals surface area contributed by atoms with Gasteiger partial charge in [0.05, 0.1) is 6.54 Å².